The molecule has 2 amide bonds. The van der Waals surface area contributed by atoms with E-state index in [0.29, 0.717) is 13.1 Å². The lowest BCUT2D eigenvalue weighted by molar-refractivity contribution is 0.195. The Kier molecular flexibility index (Phi) is 4.54. The van der Waals surface area contributed by atoms with Crippen LogP contribution >= 0.6 is 0 Å². The van der Waals surface area contributed by atoms with E-state index in [0.717, 1.165) is 12.5 Å². The van der Waals surface area contributed by atoms with E-state index in [2.05, 4.69) is 5.32 Å². The molecule has 1 aromatic rings. The van der Waals surface area contributed by atoms with Crippen molar-refractivity contribution in [2.24, 2.45) is 5.92 Å². The standard InChI is InChI=1S/C14H18F2N2O2/c1-9(12-3-2-11(15)6-13(12)16)17-14(20)18-5-4-10(7-18)8-19/h2-3,6,9-10,19H,4-5,7-8H2,1H3,(H,17,20). The Morgan fingerprint density at radius 2 is 2.30 bits per heavy atom. The zero-order valence-electron chi connectivity index (χ0n) is 11.3. The van der Waals surface area contributed by atoms with Gasteiger partial charge in [0.15, 0.2) is 0 Å². The minimum Gasteiger partial charge on any atom is -0.396 e. The summed E-state index contributed by atoms with van der Waals surface area (Å²) in [5, 5.41) is 11.7. The maximum Gasteiger partial charge on any atom is 0.317 e. The van der Waals surface area contributed by atoms with Crippen molar-refractivity contribution in [2.45, 2.75) is 19.4 Å². The van der Waals surface area contributed by atoms with Crippen molar-refractivity contribution in [2.75, 3.05) is 19.7 Å². The molecule has 20 heavy (non-hydrogen) atoms. The van der Waals surface area contributed by atoms with E-state index in [1.54, 1.807) is 11.8 Å². The molecule has 0 bridgehead atoms. The van der Waals surface area contributed by atoms with Crippen LogP contribution in [0.15, 0.2) is 18.2 Å². The Morgan fingerprint density at radius 3 is 2.90 bits per heavy atom. The smallest absolute Gasteiger partial charge is 0.317 e. The number of benzene rings is 1. The molecule has 0 radical (unpaired) electrons. The van der Waals surface area contributed by atoms with Crippen LogP contribution in [0.4, 0.5) is 13.6 Å². The van der Waals surface area contributed by atoms with Gasteiger partial charge in [0.2, 0.25) is 0 Å². The van der Waals surface area contributed by atoms with Crippen LogP contribution in [0.2, 0.25) is 0 Å². The highest BCUT2D eigenvalue weighted by Gasteiger charge is 2.26. The van der Waals surface area contributed by atoms with Gasteiger partial charge in [0, 0.05) is 37.2 Å². The zero-order valence-corrected chi connectivity index (χ0v) is 11.3. The van der Waals surface area contributed by atoms with Crippen molar-refractivity contribution >= 4 is 6.03 Å². The summed E-state index contributed by atoms with van der Waals surface area (Å²) in [6.07, 6.45) is 0.767. The molecule has 2 rings (SSSR count). The summed E-state index contributed by atoms with van der Waals surface area (Å²) in [5.41, 5.74) is 0.248. The quantitative estimate of drug-likeness (QED) is 0.892. The van der Waals surface area contributed by atoms with Crippen LogP contribution in [0.5, 0.6) is 0 Å². The van der Waals surface area contributed by atoms with E-state index in [1.165, 1.54) is 12.1 Å². The van der Waals surface area contributed by atoms with Gasteiger partial charge in [-0.15, -0.1) is 0 Å². The van der Waals surface area contributed by atoms with Gasteiger partial charge in [-0.25, -0.2) is 13.6 Å². The second-order valence-corrected chi connectivity index (χ2v) is 5.12. The number of hydrogen-bond donors (Lipinski definition) is 2. The van der Waals surface area contributed by atoms with Crippen molar-refractivity contribution in [3.8, 4) is 0 Å². The predicted octanol–water partition coefficient (Wildman–Crippen LogP) is 2.05. The van der Waals surface area contributed by atoms with Crippen molar-refractivity contribution in [3.05, 3.63) is 35.4 Å². The van der Waals surface area contributed by atoms with Gasteiger partial charge >= 0.3 is 6.03 Å². The number of amides is 2. The van der Waals surface area contributed by atoms with Gasteiger partial charge < -0.3 is 15.3 Å². The highest BCUT2D eigenvalue weighted by molar-refractivity contribution is 5.75. The van der Waals surface area contributed by atoms with E-state index in [9.17, 15) is 13.6 Å². The number of hydrogen-bond acceptors (Lipinski definition) is 2. The second kappa shape index (κ2) is 6.17. The number of halogens is 2. The molecule has 1 aromatic carbocycles. The van der Waals surface area contributed by atoms with Gasteiger partial charge in [-0.05, 0) is 19.4 Å². The van der Waals surface area contributed by atoms with Crippen molar-refractivity contribution in [1.82, 2.24) is 10.2 Å². The van der Waals surface area contributed by atoms with Crippen LogP contribution in [-0.2, 0) is 0 Å². The third-order valence-electron chi connectivity index (χ3n) is 3.60. The highest BCUT2D eigenvalue weighted by Crippen LogP contribution is 2.20. The third-order valence-corrected chi connectivity index (χ3v) is 3.60. The van der Waals surface area contributed by atoms with Gasteiger partial charge in [-0.3, -0.25) is 0 Å². The average molecular weight is 284 g/mol. The normalized spacial score (nSPS) is 20.0. The first-order valence-corrected chi connectivity index (χ1v) is 6.62. The van der Waals surface area contributed by atoms with E-state index in [1.807, 2.05) is 0 Å². The molecule has 2 atom stereocenters. The van der Waals surface area contributed by atoms with Gasteiger partial charge in [0.05, 0.1) is 6.04 Å². The summed E-state index contributed by atoms with van der Waals surface area (Å²) in [7, 11) is 0. The first-order chi connectivity index (χ1) is 9.51. The third kappa shape index (κ3) is 3.25. The number of nitrogens with zero attached hydrogens (tertiary/aromatic N) is 1. The Bertz CT molecular complexity index is 496. The largest absolute Gasteiger partial charge is 0.396 e. The molecule has 1 aliphatic heterocycles. The van der Waals surface area contributed by atoms with Crippen molar-refractivity contribution in [3.63, 3.8) is 0 Å². The van der Waals surface area contributed by atoms with Crippen LogP contribution in [-0.4, -0.2) is 35.7 Å². The lowest BCUT2D eigenvalue weighted by atomic mass is 10.1. The lowest BCUT2D eigenvalue weighted by Crippen LogP contribution is -2.40. The summed E-state index contributed by atoms with van der Waals surface area (Å²) in [6.45, 7) is 2.79. The van der Waals surface area contributed by atoms with Gasteiger partial charge in [-0.2, -0.15) is 0 Å². The van der Waals surface area contributed by atoms with Gasteiger partial charge in [-0.1, -0.05) is 6.07 Å². The second-order valence-electron chi connectivity index (χ2n) is 5.12. The SMILES string of the molecule is CC(NC(=O)N1CCC(CO)C1)c1ccc(F)cc1F. The molecule has 0 aliphatic carbocycles. The number of urea groups is 1. The number of rotatable bonds is 3. The van der Waals surface area contributed by atoms with Gasteiger partial charge in [0.25, 0.3) is 0 Å². The topological polar surface area (TPSA) is 52.6 Å². The predicted molar refractivity (Wildman–Crippen MR) is 70.1 cm³/mol. The van der Waals surface area contributed by atoms with E-state index in [-0.39, 0.29) is 24.1 Å². The number of aliphatic hydroxyl groups excluding tert-OH is 1. The molecule has 1 saturated heterocycles. The van der Waals surface area contributed by atoms with Crippen LogP contribution in [0.25, 0.3) is 0 Å². The van der Waals surface area contributed by atoms with Gasteiger partial charge in [0.1, 0.15) is 11.6 Å². The summed E-state index contributed by atoms with van der Waals surface area (Å²) in [5.74, 6) is -1.21. The van der Waals surface area contributed by atoms with Crippen LogP contribution in [0.3, 0.4) is 0 Å². The minimum atomic E-state index is -0.674. The number of carbonyl (C=O) groups excluding carboxylic acids is 1. The Hall–Kier alpha value is -1.69. The maximum atomic E-state index is 13.6. The van der Waals surface area contributed by atoms with E-state index in [4.69, 9.17) is 5.11 Å². The molecule has 1 aliphatic rings. The van der Waals surface area contributed by atoms with Crippen LogP contribution in [0, 0.1) is 17.6 Å². The zero-order chi connectivity index (χ0) is 14.7. The summed E-state index contributed by atoms with van der Waals surface area (Å²) < 4.78 is 26.4. The molecular weight excluding hydrogens is 266 g/mol. The average Bonchev–Trinajstić information content (AvgIpc) is 2.87. The molecular formula is C14H18F2N2O2. The molecule has 0 spiro atoms. The van der Waals surface area contributed by atoms with Crippen molar-refractivity contribution < 1.29 is 18.7 Å². The van der Waals surface area contributed by atoms with Crippen LogP contribution < -0.4 is 5.32 Å². The Morgan fingerprint density at radius 1 is 1.55 bits per heavy atom. The monoisotopic (exact) mass is 284 g/mol. The summed E-state index contributed by atoms with van der Waals surface area (Å²) in [6, 6.07) is 2.46. The maximum absolute atomic E-state index is 13.6. The summed E-state index contributed by atoms with van der Waals surface area (Å²) in [4.78, 5) is 13.6. The molecule has 0 saturated carbocycles. The van der Waals surface area contributed by atoms with E-state index >= 15 is 0 Å². The van der Waals surface area contributed by atoms with Crippen LogP contribution in [0.1, 0.15) is 24.9 Å². The minimum absolute atomic E-state index is 0.0614. The molecule has 1 fully saturated rings. The fourth-order valence-corrected chi connectivity index (χ4v) is 2.37. The molecule has 4 nitrogen and oxygen atoms in total. The number of nitrogens with one attached hydrogen (secondary N) is 1. The molecule has 2 N–H and O–H groups in total. The molecule has 1 heterocycles. The number of likely N-dealkylation sites (tertiary alicyclic amines) is 1. The summed E-state index contributed by atoms with van der Waals surface area (Å²) >= 11 is 0. The highest BCUT2D eigenvalue weighted by atomic mass is 19.1. The number of aliphatic hydroxyl groups is 1. The first-order valence-electron chi connectivity index (χ1n) is 6.62. The van der Waals surface area contributed by atoms with Crippen molar-refractivity contribution in [1.29, 1.82) is 0 Å². The molecule has 0 aromatic heterocycles. The lowest BCUT2D eigenvalue weighted by Gasteiger charge is -2.21. The molecule has 2 unspecified atom stereocenters. The van der Waals surface area contributed by atoms with E-state index < -0.39 is 17.7 Å². The number of carbonyl (C=O) groups is 1. The Balaban J connectivity index is 1.97. The fourth-order valence-electron chi connectivity index (χ4n) is 2.37. The first kappa shape index (κ1) is 14.7. The molecule has 110 valence electrons. The Labute approximate surface area is 116 Å². The molecule has 6 heteroatoms. The fraction of sp³-hybridized carbons (Fsp3) is 0.500.